The number of carbonyl (C=O) groups excluding carboxylic acids is 2. The standard InChI is InChI=1S/C28H27BrO4.C27H26BrNO4.C25H22BrNO4.Li.H2O/c1-4-19-9-8-11-21(13-19)23-14-20(15-24-27(29)18(3)33-28(23)24)17-32-25-12-7-6-10-22(25)16-26(30)31-5-2;1-3-31-25(30)14-21-8-4-5-10-24(21)32-16-19-12-22(20-9-6-7-18(11-20)15-29)27-23(13-19)26(28)17(2)33-27;1-15-24(26)21-11-17(14-30-22-8-3-2-6-19(22)12-23(28)29)10-20(25(21)31-15)18-7-4-5-16(9-18)13-27;;/h6-15H,4-5,16-17H2,1-3H3;4-13H,3,14-16,29H2,1-2H3;2-11H,12-14,27H2,1H3,(H,28,29);;1H2/q;;;+1;/p-1. The number of carboxylic acid groups (broad SMARTS) is 1. The van der Waals surface area contributed by atoms with Crippen molar-refractivity contribution in [3.8, 4) is 50.6 Å². The molecule has 0 atom stereocenters. The number of nitrogens with two attached hydrogens (primary N) is 2. The fourth-order valence-corrected chi connectivity index (χ4v) is 12.5. The monoisotopic (exact) mass is 1520 g/mol. The second-order valence-corrected chi connectivity index (χ2v) is 25.4. The molecule has 506 valence electrons. The maximum atomic E-state index is 12.0. The fourth-order valence-electron chi connectivity index (χ4n) is 11.4. The quantitative estimate of drug-likeness (QED) is 0.0399. The van der Waals surface area contributed by atoms with E-state index in [1.807, 2.05) is 124 Å². The molecule has 0 saturated heterocycles. The summed E-state index contributed by atoms with van der Waals surface area (Å²) in [6.07, 6.45) is 1.24. The second-order valence-electron chi connectivity index (χ2n) is 23.1. The number of furan rings is 3. The molecular formula is C80H76Br3LiN2O13. The van der Waals surface area contributed by atoms with E-state index in [1.54, 1.807) is 26.0 Å². The van der Waals surface area contributed by atoms with Gasteiger partial charge in [-0.2, -0.15) is 0 Å². The molecule has 19 heteroatoms. The Labute approximate surface area is 613 Å². The molecular weight excluding hydrogens is 1440 g/mol. The van der Waals surface area contributed by atoms with E-state index in [1.165, 1.54) is 5.56 Å². The van der Waals surface area contributed by atoms with Gasteiger partial charge in [0.2, 0.25) is 0 Å². The maximum absolute atomic E-state index is 12.0. The Bertz CT molecular complexity index is 4610. The van der Waals surface area contributed by atoms with Gasteiger partial charge in [-0.05, 0) is 206 Å². The van der Waals surface area contributed by atoms with Gasteiger partial charge in [-0.15, -0.1) is 0 Å². The van der Waals surface area contributed by atoms with Gasteiger partial charge in [-0.25, -0.2) is 0 Å². The summed E-state index contributed by atoms with van der Waals surface area (Å²) in [6, 6.07) is 59.6. The van der Waals surface area contributed by atoms with Gasteiger partial charge >= 0.3 is 36.8 Å². The summed E-state index contributed by atoms with van der Waals surface area (Å²) in [5, 5.41) is 12.1. The van der Waals surface area contributed by atoms with Crippen molar-refractivity contribution in [2.45, 2.75) is 100 Å². The van der Waals surface area contributed by atoms with Gasteiger partial charge in [0.25, 0.3) is 0 Å². The smallest absolute Gasteiger partial charge is 0.870 e. The molecule has 0 aliphatic rings. The SMILES string of the molecule is CCOC(=O)Cc1ccccc1OCc1cc(-c2cccc(CC)c2)c2oc(C)c(Br)c2c1.CCOC(=O)Cc1ccccc1OCc1cc(-c2cccc(CN)c2)c2oc(C)c(Br)c2c1.Cc1oc2c(-c3cccc(CN)c3)cc(COc3ccccc3CC(=O)O)cc2c1Br.[Li+].[OH-]. The first-order chi connectivity index (χ1) is 46.9. The first-order valence-corrected chi connectivity index (χ1v) is 34.3. The van der Waals surface area contributed by atoms with E-state index >= 15 is 0 Å². The topological polar surface area (TPSA) is 239 Å². The van der Waals surface area contributed by atoms with Crippen molar-refractivity contribution in [3.63, 3.8) is 0 Å². The molecule has 0 saturated carbocycles. The average Bonchev–Trinajstić information content (AvgIpc) is 1.67. The van der Waals surface area contributed by atoms with Gasteiger partial charge in [0.1, 0.15) is 71.1 Å². The van der Waals surface area contributed by atoms with E-state index in [2.05, 4.69) is 121 Å². The zero-order chi connectivity index (χ0) is 68.7. The van der Waals surface area contributed by atoms with Gasteiger partial charge in [0.05, 0.1) is 45.9 Å². The second kappa shape index (κ2) is 35.9. The van der Waals surface area contributed by atoms with Crippen molar-refractivity contribution in [2.24, 2.45) is 11.5 Å². The van der Waals surface area contributed by atoms with Gasteiger partial charge in [-0.3, -0.25) is 14.4 Å². The van der Waals surface area contributed by atoms with E-state index in [9.17, 15) is 14.4 Å². The van der Waals surface area contributed by atoms with E-state index in [-0.39, 0.29) is 55.5 Å². The number of rotatable bonds is 23. The number of aliphatic carboxylic acids is 1. The summed E-state index contributed by atoms with van der Waals surface area (Å²) in [6.45, 7) is 14.2. The Morgan fingerprint density at radius 1 is 0.414 bits per heavy atom. The molecule has 0 unspecified atom stereocenters. The summed E-state index contributed by atoms with van der Waals surface area (Å²) < 4.78 is 49.6. The van der Waals surface area contributed by atoms with Crippen LogP contribution < -0.4 is 44.5 Å². The minimum absolute atomic E-state index is 0. The molecule has 9 aromatic carbocycles. The van der Waals surface area contributed by atoms with Crippen LogP contribution in [0.4, 0.5) is 0 Å². The predicted molar refractivity (Wildman–Crippen MR) is 394 cm³/mol. The predicted octanol–water partition coefficient (Wildman–Crippen LogP) is 16.4. The largest absolute Gasteiger partial charge is 1.00 e. The van der Waals surface area contributed by atoms with Crippen LogP contribution in [0.1, 0.15) is 88.1 Å². The molecule has 12 aromatic rings. The Balaban J connectivity index is 0.000000187. The number of aryl methyl sites for hydroxylation is 4. The number of hydrogen-bond acceptors (Lipinski definition) is 14. The zero-order valence-corrected chi connectivity index (χ0v) is 61.0. The fraction of sp³-hybridized carbons (Fsp3) is 0.212. The third-order valence-corrected chi connectivity index (χ3v) is 19.1. The molecule has 12 rings (SSSR count). The van der Waals surface area contributed by atoms with Gasteiger partial charge in [0.15, 0.2) is 0 Å². The number of esters is 2. The minimum atomic E-state index is -0.891. The number of fused-ring (bicyclic) bond motifs is 3. The summed E-state index contributed by atoms with van der Waals surface area (Å²) in [5.41, 5.74) is 28.9. The normalized spacial score (nSPS) is 10.8. The van der Waals surface area contributed by atoms with Gasteiger partial charge in [-0.1, -0.05) is 122 Å². The number of para-hydroxylation sites is 3. The Morgan fingerprint density at radius 3 is 1.04 bits per heavy atom. The van der Waals surface area contributed by atoms with Gasteiger partial charge < -0.3 is 59.0 Å². The van der Waals surface area contributed by atoms with Gasteiger partial charge in [0, 0.05) is 62.6 Å². The molecule has 0 aliphatic heterocycles. The van der Waals surface area contributed by atoms with Crippen LogP contribution in [0, 0.1) is 20.8 Å². The number of benzene rings is 9. The van der Waals surface area contributed by atoms with E-state index in [4.69, 9.17) is 53.5 Å². The molecule has 0 aliphatic carbocycles. The Kier molecular flexibility index (Phi) is 27.6. The zero-order valence-electron chi connectivity index (χ0n) is 56.3. The van der Waals surface area contributed by atoms with Crippen molar-refractivity contribution < 1.29 is 80.8 Å². The van der Waals surface area contributed by atoms with Crippen LogP contribution in [-0.4, -0.2) is 41.7 Å². The first-order valence-electron chi connectivity index (χ1n) is 31.9. The third-order valence-electron chi connectivity index (χ3n) is 16.2. The van der Waals surface area contributed by atoms with Crippen molar-refractivity contribution >= 4 is 98.6 Å². The van der Waals surface area contributed by atoms with E-state index in [0.717, 1.165) is 142 Å². The molecule has 3 aromatic heterocycles. The summed E-state index contributed by atoms with van der Waals surface area (Å²) in [4.78, 5) is 35.1. The maximum Gasteiger partial charge on any atom is 1.00 e. The van der Waals surface area contributed by atoms with Crippen molar-refractivity contribution in [3.05, 3.63) is 263 Å². The summed E-state index contributed by atoms with van der Waals surface area (Å²) >= 11 is 11.0. The Morgan fingerprint density at radius 2 is 0.727 bits per heavy atom. The summed E-state index contributed by atoms with van der Waals surface area (Å²) in [7, 11) is 0. The molecule has 0 amide bonds. The number of hydrogen-bond donors (Lipinski definition) is 3. The van der Waals surface area contributed by atoms with Crippen molar-refractivity contribution in [1.29, 1.82) is 0 Å². The van der Waals surface area contributed by atoms with E-state index in [0.29, 0.717) is 68.9 Å². The van der Waals surface area contributed by atoms with Crippen LogP contribution in [-0.2, 0) is 82.5 Å². The molecule has 0 fully saturated rings. The number of carboxylic acids is 1. The number of halogens is 3. The minimum Gasteiger partial charge on any atom is -0.870 e. The number of ether oxygens (including phenoxy) is 5. The van der Waals surface area contributed by atoms with Crippen LogP contribution in [0.25, 0.3) is 66.3 Å². The molecule has 99 heavy (non-hydrogen) atoms. The molecule has 0 spiro atoms. The van der Waals surface area contributed by atoms with Crippen molar-refractivity contribution in [2.75, 3.05) is 13.2 Å². The Hall–Kier alpha value is -8.67. The van der Waals surface area contributed by atoms with Crippen LogP contribution in [0.3, 0.4) is 0 Å². The molecule has 6 N–H and O–H groups in total. The molecule has 0 radical (unpaired) electrons. The molecule has 15 nitrogen and oxygen atoms in total. The van der Waals surface area contributed by atoms with Crippen LogP contribution in [0.5, 0.6) is 17.2 Å². The van der Waals surface area contributed by atoms with Crippen LogP contribution in [0.2, 0.25) is 0 Å². The third kappa shape index (κ3) is 19.0. The first kappa shape index (κ1) is 76.1. The summed E-state index contributed by atoms with van der Waals surface area (Å²) in [5.74, 6) is 2.96. The van der Waals surface area contributed by atoms with Crippen molar-refractivity contribution in [1.82, 2.24) is 0 Å². The average molecular weight is 1520 g/mol. The molecule has 3 heterocycles. The van der Waals surface area contributed by atoms with Crippen LogP contribution in [0.15, 0.2) is 209 Å². The number of carbonyl (C=O) groups is 3. The van der Waals surface area contributed by atoms with Crippen LogP contribution >= 0.6 is 47.8 Å². The van der Waals surface area contributed by atoms with E-state index < -0.39 is 5.97 Å². The molecule has 0 bridgehead atoms.